The van der Waals surface area contributed by atoms with Gasteiger partial charge in [0.2, 0.25) is 5.91 Å². The summed E-state index contributed by atoms with van der Waals surface area (Å²) in [6.07, 6.45) is 7.09. The molecule has 0 atom stereocenters. The molecule has 2 N–H and O–H groups in total. The molecule has 0 unspecified atom stereocenters. The van der Waals surface area contributed by atoms with E-state index in [2.05, 4.69) is 27.9 Å². The van der Waals surface area contributed by atoms with Gasteiger partial charge < -0.3 is 15.2 Å². The number of nitriles is 1. The largest absolute Gasteiger partial charge is 0.396 e. The maximum absolute atomic E-state index is 11.7. The molecule has 1 amide bonds. The highest BCUT2D eigenvalue weighted by atomic mass is 35.5. The number of hydrogen-bond acceptors (Lipinski definition) is 4. The van der Waals surface area contributed by atoms with Gasteiger partial charge in [0, 0.05) is 60.5 Å². The van der Waals surface area contributed by atoms with Crippen LogP contribution in [0.5, 0.6) is 0 Å². The van der Waals surface area contributed by atoms with Gasteiger partial charge in [-0.2, -0.15) is 5.26 Å². The molecule has 0 radical (unpaired) electrons. The Morgan fingerprint density at radius 1 is 1.28 bits per heavy atom. The third-order valence-electron chi connectivity index (χ3n) is 5.80. The number of nitrogens with zero attached hydrogens (tertiary/aromatic N) is 4. The lowest BCUT2D eigenvalue weighted by Gasteiger charge is -2.32. The van der Waals surface area contributed by atoms with Crippen LogP contribution in [0.15, 0.2) is 30.7 Å². The predicted octanol–water partition coefficient (Wildman–Crippen LogP) is 4.30. The van der Waals surface area contributed by atoms with Gasteiger partial charge in [-0.25, -0.2) is 0 Å². The third kappa shape index (κ3) is 3.32. The molecule has 6 nitrogen and oxygen atoms in total. The molecule has 3 heterocycles. The van der Waals surface area contributed by atoms with Gasteiger partial charge in [-0.3, -0.25) is 9.78 Å². The van der Waals surface area contributed by atoms with Crippen LogP contribution < -0.4 is 5.73 Å². The van der Waals surface area contributed by atoms with Gasteiger partial charge in [0.15, 0.2) is 0 Å². The minimum Gasteiger partial charge on any atom is -0.396 e. The summed E-state index contributed by atoms with van der Waals surface area (Å²) in [4.78, 5) is 17.8. The summed E-state index contributed by atoms with van der Waals surface area (Å²) in [5, 5.41) is 10.9. The number of rotatable bonds is 2. The number of aromatic nitrogens is 2. The molecule has 1 aromatic carbocycles. The van der Waals surface area contributed by atoms with Crippen LogP contribution in [-0.4, -0.2) is 33.4 Å². The Kier molecular flexibility index (Phi) is 4.93. The molecule has 2 aromatic heterocycles. The van der Waals surface area contributed by atoms with E-state index in [1.54, 1.807) is 13.1 Å². The molecule has 0 spiro atoms. The number of likely N-dealkylation sites (tertiary alicyclic amines) is 1. The zero-order valence-electron chi connectivity index (χ0n) is 16.4. The number of anilines is 1. The average Bonchev–Trinajstić information content (AvgIpc) is 3.07. The van der Waals surface area contributed by atoms with Gasteiger partial charge in [-0.15, -0.1) is 0 Å². The number of carbonyl (C=O) groups excluding carboxylic acids is 1. The standard InChI is InChI=1S/C22H22ClN5O/c1-13-7-21-17(8-15(13)9-24)19(18-10-26-11-20(25)22(18)23)12-28(21)16-3-5-27(6-4-16)14(2)29/h7-8,10-12,16H,3-6,25H2,1-2H3. The Labute approximate surface area is 174 Å². The molecule has 1 fully saturated rings. The van der Waals surface area contributed by atoms with E-state index < -0.39 is 0 Å². The van der Waals surface area contributed by atoms with Gasteiger partial charge >= 0.3 is 0 Å². The van der Waals surface area contributed by atoms with Crippen molar-refractivity contribution in [1.29, 1.82) is 5.26 Å². The second-order valence-electron chi connectivity index (χ2n) is 7.57. The fraction of sp³-hybridized carbons (Fsp3) is 0.318. The first-order valence-corrected chi connectivity index (χ1v) is 9.98. The van der Waals surface area contributed by atoms with Crippen molar-refractivity contribution >= 4 is 34.1 Å². The van der Waals surface area contributed by atoms with Crippen LogP contribution >= 0.6 is 11.6 Å². The molecular formula is C22H22ClN5O. The molecule has 0 aliphatic carbocycles. The number of aryl methyl sites for hydroxylation is 1. The van der Waals surface area contributed by atoms with Crippen LogP contribution in [0.4, 0.5) is 5.69 Å². The fourth-order valence-electron chi connectivity index (χ4n) is 4.15. The number of nitrogens with two attached hydrogens (primary N) is 1. The highest BCUT2D eigenvalue weighted by molar-refractivity contribution is 6.36. The molecule has 3 aromatic rings. The molecule has 0 saturated carbocycles. The Balaban J connectivity index is 1.88. The average molecular weight is 408 g/mol. The van der Waals surface area contributed by atoms with E-state index in [0.29, 0.717) is 16.3 Å². The summed E-state index contributed by atoms with van der Waals surface area (Å²) in [5.74, 6) is 0.119. The monoisotopic (exact) mass is 407 g/mol. The highest BCUT2D eigenvalue weighted by Crippen LogP contribution is 2.40. The number of hydrogen-bond donors (Lipinski definition) is 1. The zero-order valence-corrected chi connectivity index (χ0v) is 17.2. The fourth-order valence-corrected chi connectivity index (χ4v) is 4.34. The molecule has 1 saturated heterocycles. The molecule has 1 aliphatic rings. The predicted molar refractivity (Wildman–Crippen MR) is 115 cm³/mol. The second-order valence-corrected chi connectivity index (χ2v) is 7.95. The first kappa shape index (κ1) is 19.3. The molecule has 1 aliphatic heterocycles. The number of halogens is 1. The zero-order chi connectivity index (χ0) is 20.7. The van der Waals surface area contributed by atoms with E-state index in [0.717, 1.165) is 53.5 Å². The van der Waals surface area contributed by atoms with E-state index in [4.69, 9.17) is 17.3 Å². The summed E-state index contributed by atoms with van der Waals surface area (Å²) >= 11 is 6.50. The van der Waals surface area contributed by atoms with Gasteiger partial charge in [0.1, 0.15) is 0 Å². The SMILES string of the molecule is CC(=O)N1CCC(n2cc(-c3cncc(N)c3Cl)c3cc(C#N)c(C)cc32)CC1. The normalized spacial score (nSPS) is 14.9. The second kappa shape index (κ2) is 7.41. The minimum atomic E-state index is 0.119. The quantitative estimate of drug-likeness (QED) is 0.685. The van der Waals surface area contributed by atoms with Crippen LogP contribution in [0, 0.1) is 18.3 Å². The molecule has 148 valence electrons. The van der Waals surface area contributed by atoms with Crippen LogP contribution in [0.2, 0.25) is 5.02 Å². The maximum Gasteiger partial charge on any atom is 0.219 e. The number of carbonyl (C=O) groups is 1. The van der Waals surface area contributed by atoms with E-state index in [9.17, 15) is 10.1 Å². The van der Waals surface area contributed by atoms with E-state index in [1.807, 2.05) is 17.9 Å². The lowest BCUT2D eigenvalue weighted by molar-refractivity contribution is -0.130. The van der Waals surface area contributed by atoms with Crippen LogP contribution in [-0.2, 0) is 4.79 Å². The van der Waals surface area contributed by atoms with Gasteiger partial charge in [0.25, 0.3) is 0 Å². The summed E-state index contributed by atoms with van der Waals surface area (Å²) in [6.45, 7) is 5.04. The van der Waals surface area contributed by atoms with E-state index >= 15 is 0 Å². The smallest absolute Gasteiger partial charge is 0.219 e. The van der Waals surface area contributed by atoms with Gasteiger partial charge in [-0.1, -0.05) is 11.6 Å². The lowest BCUT2D eigenvalue weighted by atomic mass is 10.0. The third-order valence-corrected chi connectivity index (χ3v) is 6.22. The number of nitrogen functional groups attached to an aromatic ring is 1. The minimum absolute atomic E-state index is 0.119. The number of benzene rings is 1. The maximum atomic E-state index is 11.7. The molecule has 29 heavy (non-hydrogen) atoms. The van der Waals surface area contributed by atoms with Crippen LogP contribution in [0.25, 0.3) is 22.0 Å². The van der Waals surface area contributed by atoms with Crippen molar-refractivity contribution in [1.82, 2.24) is 14.5 Å². The van der Waals surface area contributed by atoms with Crippen LogP contribution in [0.1, 0.15) is 36.9 Å². The van der Waals surface area contributed by atoms with E-state index in [1.165, 1.54) is 6.20 Å². The van der Waals surface area contributed by atoms with Crippen molar-refractivity contribution in [2.75, 3.05) is 18.8 Å². The summed E-state index contributed by atoms with van der Waals surface area (Å²) in [5.41, 5.74) is 10.7. The van der Waals surface area contributed by atoms with Crippen molar-refractivity contribution in [2.24, 2.45) is 0 Å². The molecule has 0 bridgehead atoms. The summed E-state index contributed by atoms with van der Waals surface area (Å²) in [6, 6.07) is 6.51. The number of fused-ring (bicyclic) bond motifs is 1. The molecule has 4 rings (SSSR count). The van der Waals surface area contributed by atoms with Crippen molar-refractivity contribution in [3.05, 3.63) is 46.9 Å². The number of piperidine rings is 1. The Bertz CT molecular complexity index is 1150. The Hall–Kier alpha value is -3.04. The topological polar surface area (TPSA) is 87.9 Å². The van der Waals surface area contributed by atoms with Gasteiger partial charge in [0.05, 0.1) is 28.5 Å². The first-order valence-electron chi connectivity index (χ1n) is 9.61. The Morgan fingerprint density at radius 3 is 2.66 bits per heavy atom. The van der Waals surface area contributed by atoms with E-state index in [-0.39, 0.29) is 11.9 Å². The summed E-state index contributed by atoms with van der Waals surface area (Å²) in [7, 11) is 0. The first-order chi connectivity index (χ1) is 13.9. The Morgan fingerprint density at radius 2 is 2.00 bits per heavy atom. The van der Waals surface area contributed by atoms with Gasteiger partial charge in [-0.05, 0) is 37.5 Å². The van der Waals surface area contributed by atoms with Crippen molar-refractivity contribution < 1.29 is 4.79 Å². The number of pyridine rings is 1. The van der Waals surface area contributed by atoms with Crippen molar-refractivity contribution in [3.63, 3.8) is 0 Å². The summed E-state index contributed by atoms with van der Waals surface area (Å²) < 4.78 is 2.26. The lowest BCUT2D eigenvalue weighted by Crippen LogP contribution is -2.37. The van der Waals surface area contributed by atoms with Crippen molar-refractivity contribution in [3.8, 4) is 17.2 Å². The molecule has 7 heteroatoms. The number of amides is 1. The highest BCUT2D eigenvalue weighted by Gasteiger charge is 2.25. The van der Waals surface area contributed by atoms with Crippen LogP contribution in [0.3, 0.4) is 0 Å². The van der Waals surface area contributed by atoms with Crippen molar-refractivity contribution in [2.45, 2.75) is 32.7 Å². The molecular weight excluding hydrogens is 386 g/mol.